The van der Waals surface area contributed by atoms with E-state index >= 15 is 0 Å². The average Bonchev–Trinajstić information content (AvgIpc) is 3.14. The molecule has 2 saturated heterocycles. The molecule has 2 aliphatic rings. The van der Waals surface area contributed by atoms with Gasteiger partial charge in [0.1, 0.15) is 11.5 Å². The molecule has 0 saturated carbocycles. The summed E-state index contributed by atoms with van der Waals surface area (Å²) in [7, 11) is 0. The first kappa shape index (κ1) is 13.9. The second-order valence-corrected chi connectivity index (χ2v) is 6.91. The summed E-state index contributed by atoms with van der Waals surface area (Å²) in [6, 6.07) is 7.42. The van der Waals surface area contributed by atoms with Crippen LogP contribution in [0.15, 0.2) is 35.2 Å². The maximum Gasteiger partial charge on any atom is 0.273 e. The number of thiazole rings is 1. The summed E-state index contributed by atoms with van der Waals surface area (Å²) < 4.78 is 13.1. The molecule has 2 fully saturated rings. The molecule has 2 aromatic rings. The van der Waals surface area contributed by atoms with Gasteiger partial charge in [0.05, 0.1) is 5.51 Å². The van der Waals surface area contributed by atoms with E-state index in [0.29, 0.717) is 23.7 Å². The Kier molecular flexibility index (Phi) is 3.45. The number of piperidine rings is 1. The molecule has 0 radical (unpaired) electrons. The van der Waals surface area contributed by atoms with Crippen LogP contribution >= 0.6 is 11.3 Å². The van der Waals surface area contributed by atoms with Crippen LogP contribution in [0, 0.1) is 5.82 Å². The largest absolute Gasteiger partial charge is 0.331 e. The van der Waals surface area contributed by atoms with E-state index in [9.17, 15) is 9.18 Å². The first-order valence-electron chi connectivity index (χ1n) is 7.68. The number of carbonyl (C=O) groups is 1. The normalized spacial score (nSPS) is 27.1. The minimum atomic E-state index is -0.192. The van der Waals surface area contributed by atoms with Gasteiger partial charge in [0.2, 0.25) is 0 Å². The Hall–Kier alpha value is -1.75. The number of amides is 1. The first-order chi connectivity index (χ1) is 10.7. The van der Waals surface area contributed by atoms with E-state index < -0.39 is 0 Å². The average molecular weight is 316 g/mol. The van der Waals surface area contributed by atoms with E-state index in [1.165, 1.54) is 29.0 Å². The number of nitrogens with zero attached hydrogens (tertiary/aromatic N) is 2. The lowest BCUT2D eigenvalue weighted by Gasteiger charge is -2.39. The molecule has 0 spiro atoms. The van der Waals surface area contributed by atoms with Crippen molar-refractivity contribution in [2.75, 3.05) is 0 Å². The molecular weight excluding hydrogens is 299 g/mol. The van der Waals surface area contributed by atoms with E-state index in [1.807, 2.05) is 17.5 Å². The molecule has 0 N–H and O–H groups in total. The van der Waals surface area contributed by atoms with Gasteiger partial charge in [-0.05, 0) is 49.3 Å². The van der Waals surface area contributed by atoms with Crippen LogP contribution in [-0.2, 0) is 0 Å². The molecule has 1 amide bonds. The molecule has 1 aromatic carbocycles. The van der Waals surface area contributed by atoms with Crippen LogP contribution < -0.4 is 0 Å². The lowest BCUT2D eigenvalue weighted by atomic mass is 9.85. The summed E-state index contributed by atoms with van der Waals surface area (Å²) in [5.74, 6) is 0.312. The second kappa shape index (κ2) is 5.47. The van der Waals surface area contributed by atoms with Crippen molar-refractivity contribution < 1.29 is 9.18 Å². The van der Waals surface area contributed by atoms with Gasteiger partial charge in [-0.15, -0.1) is 11.3 Å². The highest BCUT2D eigenvalue weighted by molar-refractivity contribution is 7.07. The number of hydrogen-bond acceptors (Lipinski definition) is 3. The van der Waals surface area contributed by atoms with E-state index in [1.54, 1.807) is 5.51 Å². The van der Waals surface area contributed by atoms with Gasteiger partial charge in [-0.1, -0.05) is 12.1 Å². The van der Waals surface area contributed by atoms with Gasteiger partial charge >= 0.3 is 0 Å². The van der Waals surface area contributed by atoms with Crippen LogP contribution in [0.5, 0.6) is 0 Å². The summed E-state index contributed by atoms with van der Waals surface area (Å²) in [5, 5.41) is 1.83. The van der Waals surface area contributed by atoms with Crippen LogP contribution in [0.2, 0.25) is 0 Å². The Morgan fingerprint density at radius 3 is 2.45 bits per heavy atom. The van der Waals surface area contributed by atoms with Crippen LogP contribution in [0.3, 0.4) is 0 Å². The maximum absolute atomic E-state index is 13.1. The number of halogens is 1. The molecule has 2 aliphatic heterocycles. The SMILES string of the molecule is O=C(c1cscn1)N1[C@H]2CC[C@H]1CC(c1ccc(F)cc1)C2. The summed E-state index contributed by atoms with van der Waals surface area (Å²) in [5.41, 5.74) is 3.47. The number of carbonyl (C=O) groups excluding carboxylic acids is 1. The summed E-state index contributed by atoms with van der Waals surface area (Å²) >= 11 is 1.46. The fraction of sp³-hybridized carbons (Fsp3) is 0.412. The van der Waals surface area contributed by atoms with Crippen molar-refractivity contribution in [3.05, 3.63) is 52.2 Å². The molecule has 2 atom stereocenters. The van der Waals surface area contributed by atoms with Gasteiger partial charge in [0, 0.05) is 17.5 Å². The number of benzene rings is 1. The van der Waals surface area contributed by atoms with Gasteiger partial charge in [0.25, 0.3) is 5.91 Å². The van der Waals surface area contributed by atoms with E-state index in [0.717, 1.165) is 25.7 Å². The minimum Gasteiger partial charge on any atom is -0.331 e. The van der Waals surface area contributed by atoms with Crippen LogP contribution in [0.4, 0.5) is 4.39 Å². The maximum atomic E-state index is 13.1. The summed E-state index contributed by atoms with van der Waals surface area (Å²) in [4.78, 5) is 18.8. The quantitative estimate of drug-likeness (QED) is 0.843. The van der Waals surface area contributed by atoms with Crippen molar-refractivity contribution in [2.45, 2.75) is 43.7 Å². The molecule has 1 aromatic heterocycles. The zero-order valence-corrected chi connectivity index (χ0v) is 12.9. The Labute approximate surface area is 132 Å². The molecule has 4 rings (SSSR count). The van der Waals surface area contributed by atoms with Crippen molar-refractivity contribution in [1.29, 1.82) is 0 Å². The molecule has 0 unspecified atom stereocenters. The topological polar surface area (TPSA) is 33.2 Å². The fourth-order valence-electron chi connectivity index (χ4n) is 3.97. The standard InChI is InChI=1S/C17H17FN2OS/c18-13-3-1-11(2-4-13)12-7-14-5-6-15(8-12)20(14)17(21)16-9-22-10-19-16/h1-4,9-10,12,14-15H,5-8H2/t14-,15-/m0/s1. The van der Waals surface area contributed by atoms with Gasteiger partial charge in [-0.3, -0.25) is 4.79 Å². The number of fused-ring (bicyclic) bond motifs is 2. The third-order valence-corrected chi connectivity index (χ3v) is 5.55. The third kappa shape index (κ3) is 2.33. The molecule has 2 bridgehead atoms. The van der Waals surface area contributed by atoms with E-state index in [4.69, 9.17) is 0 Å². The van der Waals surface area contributed by atoms with Gasteiger partial charge < -0.3 is 4.90 Å². The molecular formula is C17H17FN2OS. The Morgan fingerprint density at radius 1 is 1.18 bits per heavy atom. The van der Waals surface area contributed by atoms with Gasteiger partial charge in [0.15, 0.2) is 0 Å². The predicted octanol–water partition coefficient (Wildman–Crippen LogP) is 3.83. The van der Waals surface area contributed by atoms with Crippen molar-refractivity contribution >= 4 is 17.2 Å². The number of hydrogen-bond donors (Lipinski definition) is 0. The number of rotatable bonds is 2. The van der Waals surface area contributed by atoms with Crippen LogP contribution in [-0.4, -0.2) is 27.9 Å². The zero-order valence-electron chi connectivity index (χ0n) is 12.1. The smallest absolute Gasteiger partial charge is 0.273 e. The minimum absolute atomic E-state index is 0.0753. The number of aromatic nitrogens is 1. The third-order valence-electron chi connectivity index (χ3n) is 4.96. The predicted molar refractivity (Wildman–Crippen MR) is 83.5 cm³/mol. The molecule has 5 heteroatoms. The van der Waals surface area contributed by atoms with Crippen molar-refractivity contribution in [3.8, 4) is 0 Å². The van der Waals surface area contributed by atoms with Crippen molar-refractivity contribution in [1.82, 2.24) is 9.88 Å². The molecule has 0 aliphatic carbocycles. The van der Waals surface area contributed by atoms with Crippen molar-refractivity contribution in [3.63, 3.8) is 0 Å². The lowest BCUT2D eigenvalue weighted by Crippen LogP contribution is -2.46. The lowest BCUT2D eigenvalue weighted by molar-refractivity contribution is 0.0566. The highest BCUT2D eigenvalue weighted by Crippen LogP contribution is 2.43. The Bertz CT molecular complexity index is 656. The van der Waals surface area contributed by atoms with Crippen molar-refractivity contribution in [2.24, 2.45) is 0 Å². The Balaban J connectivity index is 1.54. The second-order valence-electron chi connectivity index (χ2n) is 6.19. The van der Waals surface area contributed by atoms with Crippen LogP contribution in [0.25, 0.3) is 0 Å². The monoisotopic (exact) mass is 316 g/mol. The molecule has 114 valence electrons. The van der Waals surface area contributed by atoms with E-state index in [2.05, 4.69) is 9.88 Å². The highest BCUT2D eigenvalue weighted by atomic mass is 32.1. The molecule has 22 heavy (non-hydrogen) atoms. The fourth-order valence-corrected chi connectivity index (χ4v) is 4.49. The molecule has 3 nitrogen and oxygen atoms in total. The zero-order chi connectivity index (χ0) is 15.1. The Morgan fingerprint density at radius 2 is 1.86 bits per heavy atom. The first-order valence-corrected chi connectivity index (χ1v) is 8.63. The summed E-state index contributed by atoms with van der Waals surface area (Å²) in [6.45, 7) is 0. The van der Waals surface area contributed by atoms with E-state index in [-0.39, 0.29) is 11.7 Å². The van der Waals surface area contributed by atoms with Gasteiger partial charge in [-0.2, -0.15) is 0 Å². The highest BCUT2D eigenvalue weighted by Gasteiger charge is 2.44. The van der Waals surface area contributed by atoms with Gasteiger partial charge in [-0.25, -0.2) is 9.37 Å². The summed E-state index contributed by atoms with van der Waals surface area (Å²) in [6.07, 6.45) is 4.08. The molecule has 3 heterocycles. The van der Waals surface area contributed by atoms with Crippen LogP contribution in [0.1, 0.15) is 47.7 Å².